The average Bonchev–Trinajstić information content (AvgIpc) is 3.79. The molecule has 3 aromatic heterocycles. The normalized spacial score (nSPS) is 20.4. The number of nitrogen functional groups attached to an aromatic ring is 1. The molecule has 0 amide bonds. The zero-order chi connectivity index (χ0) is 36.8. The molecule has 15 heteroatoms. The Bertz CT molecular complexity index is 2110. The Morgan fingerprint density at radius 3 is 2.71 bits per heavy atom. The predicted molar refractivity (Wildman–Crippen MR) is 195 cm³/mol. The SMILES string of the molecule is C=C(C)c1c(Cl)c(-c2ncc(F)c3sc(N)c(C#N)c23)c(F)c2nc(OCC34CCCN3CC(=C(F)F)C4)nc(N3CCN[C@H](CC)C3)c12.CC. The van der Waals surface area contributed by atoms with Crippen LogP contribution in [-0.4, -0.2) is 70.8 Å². The van der Waals surface area contributed by atoms with Gasteiger partial charge in [-0.05, 0) is 44.7 Å². The summed E-state index contributed by atoms with van der Waals surface area (Å²) in [5.41, 5.74) is 5.94. The van der Waals surface area contributed by atoms with E-state index in [9.17, 15) is 18.4 Å². The van der Waals surface area contributed by atoms with Gasteiger partial charge in [0.2, 0.25) is 0 Å². The Morgan fingerprint density at radius 1 is 1.25 bits per heavy atom. The molecule has 3 saturated heterocycles. The minimum atomic E-state index is -1.67. The number of nitrogens with one attached hydrogen (secondary N) is 1. The number of benzene rings is 1. The van der Waals surface area contributed by atoms with Crippen LogP contribution in [0.4, 0.5) is 28.4 Å². The van der Waals surface area contributed by atoms with Crippen molar-refractivity contribution in [2.24, 2.45) is 0 Å². The summed E-state index contributed by atoms with van der Waals surface area (Å²) in [5.74, 6) is -1.19. The van der Waals surface area contributed by atoms with Crippen LogP contribution in [0.15, 0.2) is 24.4 Å². The van der Waals surface area contributed by atoms with Crippen LogP contribution in [0.2, 0.25) is 5.02 Å². The van der Waals surface area contributed by atoms with Gasteiger partial charge in [-0.3, -0.25) is 9.88 Å². The Morgan fingerprint density at radius 2 is 2.02 bits per heavy atom. The van der Waals surface area contributed by atoms with Crippen molar-refractivity contribution in [2.75, 3.05) is 50.0 Å². The number of anilines is 2. The first-order valence-corrected chi connectivity index (χ1v) is 18.2. The summed E-state index contributed by atoms with van der Waals surface area (Å²) in [6.45, 7) is 14.6. The number of thiophene rings is 1. The first-order valence-electron chi connectivity index (χ1n) is 17.0. The molecule has 1 unspecified atom stereocenters. The van der Waals surface area contributed by atoms with Crippen LogP contribution < -0.4 is 20.7 Å². The molecule has 51 heavy (non-hydrogen) atoms. The van der Waals surface area contributed by atoms with Gasteiger partial charge in [-0.25, -0.2) is 8.78 Å². The summed E-state index contributed by atoms with van der Waals surface area (Å²) in [7, 11) is 0. The van der Waals surface area contributed by atoms with Crippen molar-refractivity contribution < 1.29 is 22.3 Å². The van der Waals surface area contributed by atoms with Crippen molar-refractivity contribution in [3.8, 4) is 23.3 Å². The quantitative estimate of drug-likeness (QED) is 0.180. The van der Waals surface area contributed by atoms with Gasteiger partial charge >= 0.3 is 6.01 Å². The van der Waals surface area contributed by atoms with E-state index in [0.717, 1.165) is 30.4 Å². The van der Waals surface area contributed by atoms with Crippen LogP contribution in [0.5, 0.6) is 6.01 Å². The van der Waals surface area contributed by atoms with Gasteiger partial charge in [0.05, 0.1) is 43.7 Å². The number of aromatic nitrogens is 3. The monoisotopic (exact) mass is 742 g/mol. The number of hydrogen-bond donors (Lipinski definition) is 2. The highest BCUT2D eigenvalue weighted by Gasteiger charge is 2.48. The van der Waals surface area contributed by atoms with Gasteiger partial charge in [0, 0.05) is 48.7 Å². The fraction of sp³-hybridized carbons (Fsp3) is 0.444. The molecule has 0 spiro atoms. The second-order valence-electron chi connectivity index (χ2n) is 12.9. The van der Waals surface area contributed by atoms with Crippen molar-refractivity contribution >= 4 is 60.3 Å². The van der Waals surface area contributed by atoms with Crippen molar-refractivity contribution in [2.45, 2.75) is 65.0 Å². The third-order valence-electron chi connectivity index (χ3n) is 9.91. The molecule has 6 heterocycles. The molecule has 0 saturated carbocycles. The first kappa shape index (κ1) is 36.8. The highest BCUT2D eigenvalue weighted by atomic mass is 35.5. The Kier molecular flexibility index (Phi) is 10.5. The maximum atomic E-state index is 17.3. The van der Waals surface area contributed by atoms with Gasteiger partial charge in [-0.2, -0.15) is 24.0 Å². The second kappa shape index (κ2) is 14.5. The zero-order valence-corrected chi connectivity index (χ0v) is 30.5. The van der Waals surface area contributed by atoms with Crippen LogP contribution >= 0.6 is 22.9 Å². The lowest BCUT2D eigenvalue weighted by Crippen LogP contribution is -2.50. The van der Waals surface area contributed by atoms with Crippen LogP contribution in [0.3, 0.4) is 0 Å². The van der Waals surface area contributed by atoms with Gasteiger partial charge in [0.15, 0.2) is 11.6 Å². The Labute approximate surface area is 302 Å². The van der Waals surface area contributed by atoms with E-state index in [1.807, 2.05) is 29.7 Å². The molecule has 7 rings (SSSR count). The minimum absolute atomic E-state index is 0.0309. The number of nitrogens with zero attached hydrogens (tertiary/aromatic N) is 6. The summed E-state index contributed by atoms with van der Waals surface area (Å²) in [6, 6.07) is 2.00. The second-order valence-corrected chi connectivity index (χ2v) is 14.3. The number of pyridine rings is 1. The van der Waals surface area contributed by atoms with Gasteiger partial charge in [0.1, 0.15) is 29.0 Å². The van der Waals surface area contributed by atoms with Gasteiger partial charge in [0.25, 0.3) is 6.08 Å². The minimum Gasteiger partial charge on any atom is -0.461 e. The highest BCUT2D eigenvalue weighted by molar-refractivity contribution is 7.23. The zero-order valence-electron chi connectivity index (χ0n) is 28.9. The molecule has 9 nitrogen and oxygen atoms in total. The van der Waals surface area contributed by atoms with Crippen molar-refractivity contribution in [1.29, 1.82) is 5.26 Å². The van der Waals surface area contributed by atoms with E-state index in [0.29, 0.717) is 54.9 Å². The maximum Gasteiger partial charge on any atom is 0.319 e. The van der Waals surface area contributed by atoms with E-state index in [1.165, 1.54) is 0 Å². The van der Waals surface area contributed by atoms with Crippen LogP contribution in [0.1, 0.15) is 64.5 Å². The molecular weight excluding hydrogens is 704 g/mol. The van der Waals surface area contributed by atoms with Crippen molar-refractivity contribution in [3.63, 3.8) is 0 Å². The van der Waals surface area contributed by atoms with E-state index in [4.69, 9.17) is 27.1 Å². The molecular formula is C36H39ClF4N8OS. The van der Waals surface area contributed by atoms with Crippen molar-refractivity contribution in [3.05, 3.63) is 52.2 Å². The number of nitrogens with two attached hydrogens (primary N) is 1. The third-order valence-corrected chi connectivity index (χ3v) is 11.3. The summed E-state index contributed by atoms with van der Waals surface area (Å²) in [5, 5.41) is 13.8. The number of fused-ring (bicyclic) bond motifs is 3. The van der Waals surface area contributed by atoms with E-state index in [1.54, 1.807) is 6.92 Å². The molecule has 3 fully saturated rings. The lowest BCUT2D eigenvalue weighted by molar-refractivity contribution is 0.108. The molecule has 1 aromatic carbocycles. The van der Waals surface area contributed by atoms with E-state index < -0.39 is 23.3 Å². The fourth-order valence-electron chi connectivity index (χ4n) is 7.51. The fourth-order valence-corrected chi connectivity index (χ4v) is 8.86. The molecule has 2 atom stereocenters. The largest absolute Gasteiger partial charge is 0.461 e. The molecule has 0 aliphatic carbocycles. The number of hydrogen-bond acceptors (Lipinski definition) is 10. The Balaban J connectivity index is 0.00000220. The number of nitriles is 1. The topological polar surface area (TPSA) is 116 Å². The van der Waals surface area contributed by atoms with E-state index in [2.05, 4.69) is 28.8 Å². The standard InChI is InChI=1S/C34H33ClF4N8OS.C2H6/c1-4-18-14-46(9-7-42-18)32-23-21(16(2)3)25(35)24(27-22-19(11-40)31(41)49-29(22)20(36)12-43-27)26(37)28(23)44-33(45-32)48-15-34-6-5-8-47(34)13-17(10-34)30(38)39;1-2/h12,18,42H,2,4-10,13-15,41H2,1,3H3;1-2H3/t18-,34?;/m1./s1. The number of allylic oxidation sites excluding steroid dienone is 1. The molecule has 3 N–H and O–H groups in total. The summed E-state index contributed by atoms with van der Waals surface area (Å²) >= 11 is 7.95. The molecule has 0 radical (unpaired) electrons. The number of halogens is 5. The lowest BCUT2D eigenvalue weighted by Gasteiger charge is -2.35. The van der Waals surface area contributed by atoms with Gasteiger partial charge < -0.3 is 20.7 Å². The first-order chi connectivity index (χ1) is 24.5. The lowest BCUT2D eigenvalue weighted by atomic mass is 9.94. The average molecular weight is 743 g/mol. The van der Waals surface area contributed by atoms with E-state index in [-0.39, 0.29) is 79.6 Å². The number of piperazine rings is 1. The van der Waals surface area contributed by atoms with Crippen LogP contribution in [0.25, 0.3) is 37.8 Å². The van der Waals surface area contributed by atoms with Crippen LogP contribution in [0, 0.1) is 23.0 Å². The third kappa shape index (κ3) is 6.28. The highest BCUT2D eigenvalue weighted by Crippen LogP contribution is 2.48. The summed E-state index contributed by atoms with van der Waals surface area (Å²) < 4.78 is 65.9. The Hall–Kier alpha value is -4.03. The van der Waals surface area contributed by atoms with Gasteiger partial charge in [-0.15, -0.1) is 11.3 Å². The predicted octanol–water partition coefficient (Wildman–Crippen LogP) is 8.31. The van der Waals surface area contributed by atoms with Crippen LogP contribution in [-0.2, 0) is 0 Å². The number of rotatable bonds is 7. The molecule has 270 valence electrons. The molecule has 0 bridgehead atoms. The molecule has 3 aliphatic rings. The summed E-state index contributed by atoms with van der Waals surface area (Å²) in [6.07, 6.45) is 1.77. The van der Waals surface area contributed by atoms with Crippen molar-refractivity contribution in [1.82, 2.24) is 25.2 Å². The summed E-state index contributed by atoms with van der Waals surface area (Å²) in [4.78, 5) is 17.7. The van der Waals surface area contributed by atoms with E-state index >= 15 is 4.39 Å². The van der Waals surface area contributed by atoms with Gasteiger partial charge in [-0.1, -0.05) is 39.0 Å². The smallest absolute Gasteiger partial charge is 0.319 e. The molecule has 4 aromatic rings. The maximum absolute atomic E-state index is 17.3. The number of ether oxygens (including phenoxy) is 1. The molecule has 3 aliphatic heterocycles.